The highest BCUT2D eigenvalue weighted by Crippen LogP contribution is 2.32. The highest BCUT2D eigenvalue weighted by molar-refractivity contribution is 8.14. The zero-order valence-corrected chi connectivity index (χ0v) is 19.2. The number of imide groups is 1. The van der Waals surface area contributed by atoms with E-state index < -0.39 is 23.8 Å². The van der Waals surface area contributed by atoms with Crippen LogP contribution in [0.3, 0.4) is 0 Å². The number of anilines is 1. The second kappa shape index (κ2) is 9.26. The van der Waals surface area contributed by atoms with Gasteiger partial charge in [-0.15, -0.1) is 0 Å². The summed E-state index contributed by atoms with van der Waals surface area (Å²) in [5.74, 6) is -0.854. The van der Waals surface area contributed by atoms with E-state index in [1.165, 1.54) is 35.5 Å². The van der Waals surface area contributed by atoms with Crippen molar-refractivity contribution in [3.63, 3.8) is 0 Å². The van der Waals surface area contributed by atoms with E-state index in [0.29, 0.717) is 28.0 Å². The molecular weight excluding hydrogens is 444 g/mol. The van der Waals surface area contributed by atoms with Gasteiger partial charge in [0, 0.05) is 17.2 Å². The molecular formula is C22H25N6O4S+. The van der Waals surface area contributed by atoms with Crippen LogP contribution < -0.4 is 11.1 Å². The third-order valence-corrected chi connectivity index (χ3v) is 7.01. The monoisotopic (exact) mass is 469 g/mol. The van der Waals surface area contributed by atoms with Crippen molar-refractivity contribution in [1.82, 2.24) is 4.90 Å². The van der Waals surface area contributed by atoms with Gasteiger partial charge in [-0.05, 0) is 37.1 Å². The maximum absolute atomic E-state index is 12.9. The molecule has 0 aromatic heterocycles. The number of primary amides is 1. The van der Waals surface area contributed by atoms with Crippen molar-refractivity contribution in [2.75, 3.05) is 25.2 Å². The number of nitrogens with one attached hydrogen (secondary N) is 1. The number of hydrogen-bond donors (Lipinski definition) is 2. The summed E-state index contributed by atoms with van der Waals surface area (Å²) >= 11 is 1.17. The fraction of sp³-hybridized carbons (Fsp3) is 0.409. The molecule has 10 nitrogen and oxygen atoms in total. The number of carbonyl (C=O) groups excluding carboxylic acids is 4. The summed E-state index contributed by atoms with van der Waals surface area (Å²) in [5, 5.41) is 3.23. The molecule has 1 aromatic rings. The third-order valence-electron chi connectivity index (χ3n) is 5.98. The molecule has 1 atom stereocenters. The number of carbonyl (C=O) groups is 4. The van der Waals surface area contributed by atoms with E-state index in [1.54, 1.807) is 19.2 Å². The van der Waals surface area contributed by atoms with Crippen molar-refractivity contribution in [3.8, 4) is 0 Å². The number of rotatable bonds is 5. The van der Waals surface area contributed by atoms with Crippen LogP contribution in [0.4, 0.5) is 10.5 Å². The van der Waals surface area contributed by atoms with Crippen LogP contribution in [0.15, 0.2) is 34.3 Å². The number of hydrogen-bond acceptors (Lipinski definition) is 7. The predicted molar refractivity (Wildman–Crippen MR) is 126 cm³/mol. The number of benzene rings is 1. The van der Waals surface area contributed by atoms with Crippen molar-refractivity contribution < 1.29 is 23.8 Å². The smallest absolute Gasteiger partial charge is 0.366 e. The van der Waals surface area contributed by atoms with Crippen LogP contribution in [0, 0.1) is 11.8 Å². The van der Waals surface area contributed by atoms with Crippen molar-refractivity contribution >= 4 is 57.9 Å². The Balaban J connectivity index is 1.53. The first-order chi connectivity index (χ1) is 15.8. The number of nitrogens with two attached hydrogens (primary N) is 1. The predicted octanol–water partition coefficient (Wildman–Crippen LogP) is 1.71. The Hall–Kier alpha value is -3.34. The average molecular weight is 470 g/mol. The fourth-order valence-electron chi connectivity index (χ4n) is 4.13. The fourth-order valence-corrected chi connectivity index (χ4v) is 5.01. The number of fused-ring (bicyclic) bond motifs is 1. The van der Waals surface area contributed by atoms with Crippen molar-refractivity contribution in [3.05, 3.63) is 29.8 Å². The summed E-state index contributed by atoms with van der Waals surface area (Å²) in [6.07, 6.45) is 4.11. The van der Waals surface area contributed by atoms with Crippen LogP contribution in [0.1, 0.15) is 36.0 Å². The number of amides is 5. The highest BCUT2D eigenvalue weighted by Gasteiger charge is 2.49. The van der Waals surface area contributed by atoms with Gasteiger partial charge in [0.25, 0.3) is 5.84 Å². The van der Waals surface area contributed by atoms with Crippen molar-refractivity contribution in [1.29, 1.82) is 0 Å². The molecule has 1 saturated carbocycles. The van der Waals surface area contributed by atoms with Crippen LogP contribution in [-0.4, -0.2) is 69.8 Å². The molecule has 0 radical (unpaired) electrons. The van der Waals surface area contributed by atoms with E-state index in [9.17, 15) is 19.2 Å². The highest BCUT2D eigenvalue weighted by atomic mass is 32.2. The van der Waals surface area contributed by atoms with Crippen LogP contribution in [0.2, 0.25) is 0 Å². The van der Waals surface area contributed by atoms with E-state index in [2.05, 4.69) is 10.3 Å². The van der Waals surface area contributed by atoms with Gasteiger partial charge in [-0.25, -0.2) is 9.79 Å². The molecule has 2 aliphatic heterocycles. The van der Waals surface area contributed by atoms with Gasteiger partial charge in [0.1, 0.15) is 5.04 Å². The molecule has 2 heterocycles. The lowest BCUT2D eigenvalue weighted by atomic mass is 10.0. The van der Waals surface area contributed by atoms with E-state index in [4.69, 9.17) is 10.7 Å². The number of urea groups is 1. The summed E-state index contributed by atoms with van der Waals surface area (Å²) in [6, 6.07) is 5.82. The second-order valence-electron chi connectivity index (χ2n) is 8.21. The summed E-state index contributed by atoms with van der Waals surface area (Å²) in [4.78, 5) is 59.5. The summed E-state index contributed by atoms with van der Waals surface area (Å²) in [5.41, 5.74) is 6.10. The van der Waals surface area contributed by atoms with Gasteiger partial charge in [0.2, 0.25) is 17.6 Å². The lowest BCUT2D eigenvalue weighted by Crippen LogP contribution is -2.55. The molecule has 0 saturated heterocycles. The summed E-state index contributed by atoms with van der Waals surface area (Å²) in [6.45, 7) is 0. The Labute approximate surface area is 195 Å². The first-order valence-electron chi connectivity index (χ1n) is 10.7. The Morgan fingerprint density at radius 1 is 1.18 bits per heavy atom. The molecule has 33 heavy (non-hydrogen) atoms. The Kier molecular flexibility index (Phi) is 6.41. The number of nitrogens with zero attached hydrogens (tertiary/aromatic N) is 4. The largest absolute Gasteiger partial charge is 0.445 e. The minimum Gasteiger partial charge on any atom is -0.366 e. The van der Waals surface area contributed by atoms with Gasteiger partial charge in [-0.3, -0.25) is 14.4 Å². The van der Waals surface area contributed by atoms with E-state index in [1.807, 2.05) is 0 Å². The third kappa shape index (κ3) is 4.58. The minimum absolute atomic E-state index is 0.0206. The topological polar surface area (TPSA) is 137 Å². The lowest BCUT2D eigenvalue weighted by Gasteiger charge is -2.27. The normalized spacial score (nSPS) is 21.0. The molecule has 3 aliphatic rings. The van der Waals surface area contributed by atoms with Crippen LogP contribution in [0.25, 0.3) is 0 Å². The Morgan fingerprint density at radius 3 is 2.48 bits per heavy atom. The number of thioether (sulfide) groups is 1. The second-order valence-corrected chi connectivity index (χ2v) is 9.21. The van der Waals surface area contributed by atoms with Gasteiger partial charge in [0.15, 0.2) is 5.92 Å². The standard InChI is InChI=1S/C22H24N6O4S/c1-27-19-16(21(31)28(2)22(27)32)20(26-18(25-19)13-5-3-4-6-13)33-11-15(29)24-14-9-7-12(8-10-14)17(23)30/h7-10,13,16H,3-6,11H2,1-2H3,(H2-,23,24,29,30)/p+1. The molecule has 1 unspecified atom stereocenters. The first-order valence-corrected chi connectivity index (χ1v) is 11.7. The summed E-state index contributed by atoms with van der Waals surface area (Å²) in [7, 11) is 3.03. The van der Waals surface area contributed by atoms with E-state index in [0.717, 1.165) is 30.6 Å². The van der Waals surface area contributed by atoms with Crippen LogP contribution in [0.5, 0.6) is 0 Å². The zero-order chi connectivity index (χ0) is 23.7. The molecule has 4 rings (SSSR count). The Bertz CT molecular complexity index is 1120. The Morgan fingerprint density at radius 2 is 1.85 bits per heavy atom. The molecule has 5 amide bonds. The average Bonchev–Trinajstić information content (AvgIpc) is 3.35. The summed E-state index contributed by atoms with van der Waals surface area (Å²) < 4.78 is 1.39. The molecule has 3 N–H and O–H groups in total. The molecule has 11 heteroatoms. The number of amidine groups is 2. The van der Waals surface area contributed by atoms with Gasteiger partial charge < -0.3 is 11.1 Å². The van der Waals surface area contributed by atoms with Gasteiger partial charge in [-0.2, -0.15) is 9.48 Å². The van der Waals surface area contributed by atoms with E-state index >= 15 is 0 Å². The zero-order valence-electron chi connectivity index (χ0n) is 18.4. The molecule has 172 valence electrons. The van der Waals surface area contributed by atoms with Crippen LogP contribution in [-0.2, 0) is 9.59 Å². The number of aliphatic imine (C=N–C) groups is 2. The van der Waals surface area contributed by atoms with Crippen LogP contribution >= 0.6 is 11.8 Å². The van der Waals surface area contributed by atoms with E-state index in [-0.39, 0.29) is 17.6 Å². The molecule has 0 spiro atoms. The van der Waals surface area contributed by atoms with Crippen molar-refractivity contribution in [2.45, 2.75) is 25.7 Å². The van der Waals surface area contributed by atoms with Gasteiger partial charge in [0.05, 0.1) is 19.8 Å². The van der Waals surface area contributed by atoms with Gasteiger partial charge >= 0.3 is 11.9 Å². The molecule has 1 fully saturated rings. The van der Waals surface area contributed by atoms with Crippen molar-refractivity contribution in [2.24, 2.45) is 27.6 Å². The molecule has 1 aromatic carbocycles. The molecule has 0 bridgehead atoms. The minimum atomic E-state index is -0.810. The maximum Gasteiger partial charge on any atom is 0.445 e. The first kappa shape index (κ1) is 22.8. The molecule has 1 aliphatic carbocycles. The van der Waals surface area contributed by atoms with Gasteiger partial charge in [-0.1, -0.05) is 29.6 Å². The maximum atomic E-state index is 12.9. The quantitative estimate of drug-likeness (QED) is 0.633. The SMILES string of the molecule is CN1C(=O)C2C(SCC(=O)Nc3ccc(C(N)=O)cc3)=NC(C3CCCC3)=NC2=[N+](C)C1=O. The lowest BCUT2D eigenvalue weighted by molar-refractivity contribution is -0.407.